The molecule has 8 nitrogen and oxygen atoms in total. The van der Waals surface area contributed by atoms with Crippen molar-refractivity contribution in [2.24, 2.45) is 5.92 Å². The first-order chi connectivity index (χ1) is 11.1. The number of aromatic nitrogens is 6. The van der Waals surface area contributed by atoms with Crippen molar-refractivity contribution in [3.8, 4) is 0 Å². The molecule has 0 bridgehead atoms. The minimum atomic E-state index is -3.34. The topological polar surface area (TPSA) is 95.6 Å². The van der Waals surface area contributed by atoms with Gasteiger partial charge in [0.2, 0.25) is 0 Å². The molecule has 2 aromatic rings. The number of hydrogen-bond donors (Lipinski definition) is 0. The molecule has 0 N–H and O–H groups in total. The molecule has 4 rings (SSSR count). The van der Waals surface area contributed by atoms with Crippen molar-refractivity contribution in [3.05, 3.63) is 23.8 Å². The lowest BCUT2D eigenvalue weighted by Gasteiger charge is -2.25. The minimum Gasteiger partial charge on any atom is -0.269 e. The Labute approximate surface area is 134 Å². The van der Waals surface area contributed by atoms with E-state index in [-0.39, 0.29) is 11.5 Å². The van der Waals surface area contributed by atoms with Crippen molar-refractivity contribution in [3.63, 3.8) is 0 Å². The largest absolute Gasteiger partial charge is 0.269 e. The highest BCUT2D eigenvalue weighted by Crippen LogP contribution is 2.31. The molecule has 0 unspecified atom stereocenters. The molecule has 2 fully saturated rings. The summed E-state index contributed by atoms with van der Waals surface area (Å²) >= 11 is 0. The smallest absolute Gasteiger partial charge is 0.166 e. The summed E-state index contributed by atoms with van der Waals surface area (Å²) in [4.78, 5) is 0. The Morgan fingerprint density at radius 3 is 2.70 bits per heavy atom. The van der Waals surface area contributed by atoms with Crippen LogP contribution in [0.15, 0.2) is 12.3 Å². The van der Waals surface area contributed by atoms with E-state index in [1.54, 1.807) is 10.7 Å². The molecule has 0 aliphatic heterocycles. The van der Waals surface area contributed by atoms with Gasteiger partial charge in [0, 0.05) is 12.7 Å². The van der Waals surface area contributed by atoms with Gasteiger partial charge in [-0.3, -0.25) is 4.68 Å². The lowest BCUT2D eigenvalue weighted by atomic mass is 9.93. The number of sulfone groups is 1. The monoisotopic (exact) mass is 336 g/mol. The average molecular weight is 336 g/mol. The van der Waals surface area contributed by atoms with E-state index < -0.39 is 9.84 Å². The summed E-state index contributed by atoms with van der Waals surface area (Å²) in [5.74, 6) is 0.819. The van der Waals surface area contributed by atoms with Crippen LogP contribution in [0, 0.1) is 5.92 Å². The lowest BCUT2D eigenvalue weighted by molar-refractivity contribution is 0.288. The summed E-state index contributed by atoms with van der Waals surface area (Å²) < 4.78 is 28.4. The molecule has 23 heavy (non-hydrogen) atoms. The van der Waals surface area contributed by atoms with Crippen LogP contribution in [0.4, 0.5) is 0 Å². The molecule has 0 amide bonds. The Morgan fingerprint density at radius 2 is 2.00 bits per heavy atom. The van der Waals surface area contributed by atoms with Crippen LogP contribution in [-0.2, 0) is 27.9 Å². The molecule has 2 aromatic heterocycles. The quantitative estimate of drug-likeness (QED) is 0.752. The van der Waals surface area contributed by atoms with Gasteiger partial charge in [0.05, 0.1) is 17.5 Å². The molecule has 2 saturated carbocycles. The Morgan fingerprint density at radius 1 is 1.17 bits per heavy atom. The zero-order valence-corrected chi connectivity index (χ0v) is 13.7. The molecule has 0 saturated heterocycles. The maximum atomic E-state index is 12.4. The molecular formula is C14H20N6O2S. The van der Waals surface area contributed by atoms with Gasteiger partial charge in [-0.05, 0) is 54.5 Å². The third-order valence-electron chi connectivity index (χ3n) is 4.56. The normalized spacial score (nSPS) is 19.0. The van der Waals surface area contributed by atoms with Crippen molar-refractivity contribution >= 4 is 9.84 Å². The zero-order valence-electron chi connectivity index (χ0n) is 12.9. The fourth-order valence-electron chi connectivity index (χ4n) is 2.80. The van der Waals surface area contributed by atoms with Gasteiger partial charge in [0.15, 0.2) is 15.7 Å². The van der Waals surface area contributed by atoms with Gasteiger partial charge in [-0.25, -0.2) is 13.1 Å². The molecule has 2 heterocycles. The Bertz CT molecular complexity index is 788. The van der Waals surface area contributed by atoms with Gasteiger partial charge >= 0.3 is 0 Å². The predicted octanol–water partition coefficient (Wildman–Crippen LogP) is 1.12. The average Bonchev–Trinajstić information content (AvgIpc) is 2.98. The van der Waals surface area contributed by atoms with E-state index in [0.717, 1.165) is 12.8 Å². The van der Waals surface area contributed by atoms with Crippen molar-refractivity contribution in [2.75, 3.05) is 0 Å². The number of nitrogens with zero attached hydrogens (tertiary/aromatic N) is 6. The van der Waals surface area contributed by atoms with Gasteiger partial charge in [0.1, 0.15) is 5.75 Å². The van der Waals surface area contributed by atoms with Crippen LogP contribution < -0.4 is 0 Å². The van der Waals surface area contributed by atoms with Gasteiger partial charge < -0.3 is 0 Å². The molecule has 2 aliphatic carbocycles. The van der Waals surface area contributed by atoms with Gasteiger partial charge in [-0.1, -0.05) is 0 Å². The molecule has 9 heteroatoms. The molecule has 0 aromatic carbocycles. The summed E-state index contributed by atoms with van der Waals surface area (Å²) in [5.41, 5.74) is 0.595. The fourth-order valence-corrected chi connectivity index (χ4v) is 4.10. The maximum Gasteiger partial charge on any atom is 0.166 e. The summed E-state index contributed by atoms with van der Waals surface area (Å²) in [6.45, 7) is 0.716. The fraction of sp³-hybridized carbons (Fsp3) is 0.714. The number of hydrogen-bond acceptors (Lipinski definition) is 6. The molecule has 0 atom stereocenters. The summed E-state index contributed by atoms with van der Waals surface area (Å²) in [6.07, 6.45) is 7.70. The van der Waals surface area contributed by atoms with E-state index in [1.807, 2.05) is 10.9 Å². The highest BCUT2D eigenvalue weighted by atomic mass is 32.2. The highest BCUT2D eigenvalue weighted by molar-refractivity contribution is 7.89. The van der Waals surface area contributed by atoms with E-state index in [0.29, 0.717) is 30.0 Å². The number of tetrazole rings is 1. The lowest BCUT2D eigenvalue weighted by Crippen LogP contribution is -2.18. The van der Waals surface area contributed by atoms with Crippen molar-refractivity contribution in [1.29, 1.82) is 0 Å². The summed E-state index contributed by atoms with van der Waals surface area (Å²) in [5, 5.41) is 15.8. The summed E-state index contributed by atoms with van der Waals surface area (Å²) in [7, 11) is -3.34. The van der Waals surface area contributed by atoms with Crippen molar-refractivity contribution < 1.29 is 8.42 Å². The van der Waals surface area contributed by atoms with Crippen LogP contribution in [0.1, 0.15) is 49.7 Å². The van der Waals surface area contributed by atoms with E-state index in [2.05, 4.69) is 20.6 Å². The van der Waals surface area contributed by atoms with Crippen LogP contribution in [-0.4, -0.2) is 38.4 Å². The van der Waals surface area contributed by atoms with Crippen LogP contribution in [0.25, 0.3) is 0 Å². The zero-order chi connectivity index (χ0) is 15.9. The first-order valence-electron chi connectivity index (χ1n) is 8.08. The van der Waals surface area contributed by atoms with E-state index in [9.17, 15) is 8.42 Å². The molecule has 0 radical (unpaired) electrons. The van der Waals surface area contributed by atoms with Crippen molar-refractivity contribution in [2.45, 2.75) is 56.2 Å². The molecular weight excluding hydrogens is 316 g/mol. The van der Waals surface area contributed by atoms with E-state index in [1.165, 1.54) is 19.3 Å². The van der Waals surface area contributed by atoms with Crippen LogP contribution >= 0.6 is 0 Å². The standard InChI is InChI=1S/C14H20N6O2S/c21-23(22,9-12-6-7-19(16-12)13-2-1-3-13)10-14-15-17-18-20(14)8-11-4-5-11/h6-7,11,13H,1-5,8-10H2. The van der Waals surface area contributed by atoms with Crippen LogP contribution in [0.2, 0.25) is 0 Å². The second kappa shape index (κ2) is 5.70. The third-order valence-corrected chi connectivity index (χ3v) is 6.00. The summed E-state index contributed by atoms with van der Waals surface area (Å²) in [6, 6.07) is 2.24. The Hall–Kier alpha value is -1.77. The van der Waals surface area contributed by atoms with Gasteiger partial charge in [-0.15, -0.1) is 5.10 Å². The Kier molecular flexibility index (Phi) is 3.67. The van der Waals surface area contributed by atoms with Gasteiger partial charge in [-0.2, -0.15) is 5.10 Å². The third kappa shape index (κ3) is 3.44. The van der Waals surface area contributed by atoms with E-state index >= 15 is 0 Å². The van der Waals surface area contributed by atoms with Crippen LogP contribution in [0.5, 0.6) is 0 Å². The molecule has 124 valence electrons. The number of rotatable bonds is 7. The second-order valence-corrected chi connectivity index (χ2v) is 8.69. The maximum absolute atomic E-state index is 12.4. The Balaban J connectivity index is 1.43. The van der Waals surface area contributed by atoms with Gasteiger partial charge in [0.25, 0.3) is 0 Å². The minimum absolute atomic E-state index is 0.0665. The highest BCUT2D eigenvalue weighted by Gasteiger charge is 2.26. The first-order valence-corrected chi connectivity index (χ1v) is 9.91. The molecule has 0 spiro atoms. The van der Waals surface area contributed by atoms with Crippen LogP contribution in [0.3, 0.4) is 0 Å². The van der Waals surface area contributed by atoms with E-state index in [4.69, 9.17) is 0 Å². The molecule has 2 aliphatic rings. The first kappa shape index (κ1) is 14.8. The SMILES string of the molecule is O=S(=O)(Cc1ccn(C2CCC2)n1)Cc1nnnn1CC1CC1. The predicted molar refractivity (Wildman–Crippen MR) is 82.0 cm³/mol. The van der Waals surface area contributed by atoms with Crippen molar-refractivity contribution in [1.82, 2.24) is 30.0 Å². The second-order valence-electron chi connectivity index (χ2n) is 6.62.